The quantitative estimate of drug-likeness (QED) is 0.514. The van der Waals surface area contributed by atoms with Crippen molar-refractivity contribution in [2.75, 3.05) is 5.32 Å². The van der Waals surface area contributed by atoms with Gasteiger partial charge in [-0.3, -0.25) is 5.43 Å². The van der Waals surface area contributed by atoms with Gasteiger partial charge in [-0.2, -0.15) is 5.10 Å². The van der Waals surface area contributed by atoms with Gasteiger partial charge in [0.2, 0.25) is 0 Å². The van der Waals surface area contributed by atoms with Crippen LogP contribution >= 0.6 is 23.8 Å². The molecule has 0 aliphatic rings. The molecule has 0 spiro atoms. The lowest BCUT2D eigenvalue weighted by Gasteiger charge is -2.06. The van der Waals surface area contributed by atoms with Gasteiger partial charge in [0, 0.05) is 16.3 Å². The molecule has 0 saturated carbocycles. The van der Waals surface area contributed by atoms with Crippen LogP contribution in [0.2, 0.25) is 5.02 Å². The van der Waals surface area contributed by atoms with Crippen LogP contribution in [0, 0.1) is 5.82 Å². The summed E-state index contributed by atoms with van der Waals surface area (Å²) < 4.78 is 13.3. The van der Waals surface area contributed by atoms with E-state index < -0.39 is 0 Å². The van der Waals surface area contributed by atoms with Gasteiger partial charge in [0.1, 0.15) is 5.82 Å². The van der Waals surface area contributed by atoms with E-state index in [2.05, 4.69) is 15.8 Å². The highest BCUT2D eigenvalue weighted by molar-refractivity contribution is 7.80. The molecule has 0 amide bonds. The second kappa shape index (κ2) is 6.98. The molecule has 0 fully saturated rings. The Morgan fingerprint density at radius 3 is 2.55 bits per heavy atom. The lowest BCUT2D eigenvalue weighted by molar-refractivity contribution is 0.626. The number of rotatable bonds is 3. The van der Waals surface area contributed by atoms with Crippen molar-refractivity contribution in [2.45, 2.75) is 0 Å². The van der Waals surface area contributed by atoms with Crippen LogP contribution < -0.4 is 10.7 Å². The molecule has 0 aliphatic heterocycles. The van der Waals surface area contributed by atoms with Crippen LogP contribution in [-0.2, 0) is 0 Å². The summed E-state index contributed by atoms with van der Waals surface area (Å²) in [5.74, 6) is -0.338. The molecule has 2 N–H and O–H groups in total. The van der Waals surface area contributed by atoms with Crippen LogP contribution in [0.1, 0.15) is 5.56 Å². The predicted octanol–water partition coefficient (Wildman–Crippen LogP) is 3.80. The van der Waals surface area contributed by atoms with Crippen molar-refractivity contribution >= 4 is 40.8 Å². The summed E-state index contributed by atoms with van der Waals surface area (Å²) in [5.41, 5.74) is 3.78. The van der Waals surface area contributed by atoms with Crippen molar-refractivity contribution in [1.29, 1.82) is 0 Å². The summed E-state index contributed by atoms with van der Waals surface area (Å²) in [6.07, 6.45) is 1.37. The first-order valence-corrected chi connectivity index (χ1v) is 6.54. The van der Waals surface area contributed by atoms with Gasteiger partial charge in [-0.25, -0.2) is 4.39 Å². The minimum atomic E-state index is -0.338. The molecule has 102 valence electrons. The maximum Gasteiger partial charge on any atom is 0.191 e. The fourth-order valence-corrected chi connectivity index (χ4v) is 1.73. The fourth-order valence-electron chi connectivity index (χ4n) is 1.43. The third-order valence-electron chi connectivity index (χ3n) is 2.38. The van der Waals surface area contributed by atoms with Crippen LogP contribution in [-0.4, -0.2) is 11.3 Å². The molecule has 0 bridgehead atoms. The van der Waals surface area contributed by atoms with E-state index in [1.54, 1.807) is 42.5 Å². The molecular weight excluding hydrogens is 297 g/mol. The van der Waals surface area contributed by atoms with Gasteiger partial charge < -0.3 is 5.32 Å². The van der Waals surface area contributed by atoms with E-state index in [4.69, 9.17) is 23.8 Å². The van der Waals surface area contributed by atoms with E-state index in [0.29, 0.717) is 15.7 Å². The molecule has 0 radical (unpaired) electrons. The number of hydrogen-bond donors (Lipinski definition) is 2. The number of hydrogen-bond acceptors (Lipinski definition) is 2. The normalized spacial score (nSPS) is 10.5. The van der Waals surface area contributed by atoms with Crippen molar-refractivity contribution in [1.82, 2.24) is 5.43 Å². The summed E-state index contributed by atoms with van der Waals surface area (Å²) in [6, 6.07) is 13.4. The van der Waals surface area contributed by atoms with Crippen LogP contribution in [0.3, 0.4) is 0 Å². The van der Waals surface area contributed by atoms with E-state index in [9.17, 15) is 4.39 Å². The Kier molecular flexibility index (Phi) is 5.03. The van der Waals surface area contributed by atoms with Crippen LogP contribution in [0.4, 0.5) is 10.1 Å². The van der Waals surface area contributed by atoms with E-state index in [1.807, 2.05) is 0 Å². The van der Waals surface area contributed by atoms with Gasteiger partial charge in [0.25, 0.3) is 0 Å². The van der Waals surface area contributed by atoms with Crippen molar-refractivity contribution in [3.05, 3.63) is 64.9 Å². The lowest BCUT2D eigenvalue weighted by atomic mass is 10.2. The zero-order valence-corrected chi connectivity index (χ0v) is 11.9. The smallest absolute Gasteiger partial charge is 0.191 e. The Bertz CT molecular complexity index is 629. The van der Waals surface area contributed by atoms with Crippen LogP contribution in [0.15, 0.2) is 53.6 Å². The van der Waals surface area contributed by atoms with Crippen molar-refractivity contribution in [3.63, 3.8) is 0 Å². The van der Waals surface area contributed by atoms with E-state index in [1.165, 1.54) is 12.3 Å². The number of hydrazone groups is 1. The summed E-state index contributed by atoms with van der Waals surface area (Å²) in [5, 5.41) is 7.75. The Balaban J connectivity index is 1.89. The SMILES string of the molecule is Fc1ccccc1/C=N/NC(=S)Nc1ccc(Cl)cc1. The molecule has 2 rings (SSSR count). The van der Waals surface area contributed by atoms with Gasteiger partial charge in [0.05, 0.1) is 6.21 Å². The minimum Gasteiger partial charge on any atom is -0.331 e. The fraction of sp³-hybridized carbons (Fsp3) is 0. The van der Waals surface area contributed by atoms with Crippen LogP contribution in [0.25, 0.3) is 0 Å². The number of anilines is 1. The van der Waals surface area contributed by atoms with E-state index in [0.717, 1.165) is 5.69 Å². The minimum absolute atomic E-state index is 0.305. The second-order valence-corrected chi connectivity index (χ2v) is 4.70. The van der Waals surface area contributed by atoms with Gasteiger partial charge in [-0.05, 0) is 42.5 Å². The Labute approximate surface area is 126 Å². The lowest BCUT2D eigenvalue weighted by Crippen LogP contribution is -2.23. The zero-order chi connectivity index (χ0) is 14.4. The Morgan fingerprint density at radius 1 is 1.15 bits per heavy atom. The summed E-state index contributed by atoms with van der Waals surface area (Å²) >= 11 is 10.8. The monoisotopic (exact) mass is 307 g/mol. The third kappa shape index (κ3) is 4.29. The number of nitrogens with zero attached hydrogens (tertiary/aromatic N) is 1. The van der Waals surface area contributed by atoms with Crippen molar-refractivity contribution in [3.8, 4) is 0 Å². The molecule has 20 heavy (non-hydrogen) atoms. The number of benzene rings is 2. The number of halogens is 2. The molecule has 0 aliphatic carbocycles. The summed E-state index contributed by atoms with van der Waals surface area (Å²) in [7, 11) is 0. The molecule has 6 heteroatoms. The number of thiocarbonyl (C=S) groups is 1. The molecular formula is C14H11ClFN3S. The molecule has 2 aromatic rings. The zero-order valence-electron chi connectivity index (χ0n) is 10.3. The van der Waals surface area contributed by atoms with Gasteiger partial charge in [-0.1, -0.05) is 29.8 Å². The molecule has 0 atom stereocenters. The molecule has 0 heterocycles. The Morgan fingerprint density at radius 2 is 1.85 bits per heavy atom. The topological polar surface area (TPSA) is 36.4 Å². The van der Waals surface area contributed by atoms with E-state index in [-0.39, 0.29) is 5.82 Å². The van der Waals surface area contributed by atoms with Gasteiger partial charge in [0.15, 0.2) is 5.11 Å². The first kappa shape index (κ1) is 14.4. The summed E-state index contributed by atoms with van der Waals surface area (Å²) in [4.78, 5) is 0. The van der Waals surface area contributed by atoms with Crippen molar-refractivity contribution < 1.29 is 4.39 Å². The average Bonchev–Trinajstić information content (AvgIpc) is 2.43. The highest BCUT2D eigenvalue weighted by Gasteiger charge is 1.98. The highest BCUT2D eigenvalue weighted by atomic mass is 35.5. The summed E-state index contributed by atoms with van der Waals surface area (Å²) in [6.45, 7) is 0. The van der Waals surface area contributed by atoms with Gasteiger partial charge >= 0.3 is 0 Å². The average molecular weight is 308 g/mol. The standard InChI is InChI=1S/C14H11ClFN3S/c15-11-5-7-12(8-6-11)18-14(20)19-17-9-10-3-1-2-4-13(10)16/h1-9H,(H2,18,19,20)/b17-9+. The third-order valence-corrected chi connectivity index (χ3v) is 2.82. The molecule has 0 aromatic heterocycles. The maximum absolute atomic E-state index is 13.3. The molecule has 2 aromatic carbocycles. The highest BCUT2D eigenvalue weighted by Crippen LogP contribution is 2.13. The molecule has 0 saturated heterocycles. The predicted molar refractivity (Wildman–Crippen MR) is 84.8 cm³/mol. The second-order valence-electron chi connectivity index (χ2n) is 3.85. The van der Waals surface area contributed by atoms with E-state index >= 15 is 0 Å². The van der Waals surface area contributed by atoms with Crippen LogP contribution in [0.5, 0.6) is 0 Å². The number of nitrogens with one attached hydrogen (secondary N) is 2. The largest absolute Gasteiger partial charge is 0.331 e. The Hall–Kier alpha value is -1.98. The molecule has 0 unspecified atom stereocenters. The van der Waals surface area contributed by atoms with Crippen molar-refractivity contribution in [2.24, 2.45) is 5.10 Å². The first-order chi connectivity index (χ1) is 9.65. The van der Waals surface area contributed by atoms with Gasteiger partial charge in [-0.15, -0.1) is 0 Å². The first-order valence-electron chi connectivity index (χ1n) is 5.75. The maximum atomic E-state index is 13.3. The molecule has 3 nitrogen and oxygen atoms in total.